The van der Waals surface area contributed by atoms with Crippen LogP contribution in [0.1, 0.15) is 44.9 Å². The van der Waals surface area contributed by atoms with Crippen molar-refractivity contribution < 1.29 is 5.11 Å². The van der Waals surface area contributed by atoms with E-state index in [1.807, 2.05) is 7.05 Å². The molecule has 12 heavy (non-hydrogen) atoms. The summed E-state index contributed by atoms with van der Waals surface area (Å²) in [5.41, 5.74) is -0.310. The lowest BCUT2D eigenvalue weighted by molar-refractivity contribution is -0.00514. The average Bonchev–Trinajstić information content (AvgIpc) is 2.06. The van der Waals surface area contributed by atoms with Crippen molar-refractivity contribution in [3.63, 3.8) is 0 Å². The van der Waals surface area contributed by atoms with Gasteiger partial charge in [-0.2, -0.15) is 0 Å². The number of hydrogen-bond donors (Lipinski definition) is 2. The molecule has 1 aliphatic carbocycles. The SMILES string of the molecule is CNCCCC1(O)CCCCC1. The second-order valence-corrected chi connectivity index (χ2v) is 3.99. The van der Waals surface area contributed by atoms with E-state index in [1.165, 1.54) is 19.3 Å². The summed E-state index contributed by atoms with van der Waals surface area (Å²) in [7, 11) is 1.96. The van der Waals surface area contributed by atoms with Crippen LogP contribution in [0, 0.1) is 0 Å². The molecule has 0 aromatic carbocycles. The highest BCUT2D eigenvalue weighted by Gasteiger charge is 2.27. The topological polar surface area (TPSA) is 32.3 Å². The number of nitrogens with one attached hydrogen (secondary N) is 1. The zero-order chi connectivity index (χ0) is 8.86. The van der Waals surface area contributed by atoms with Gasteiger partial charge in [-0.1, -0.05) is 19.3 Å². The maximum atomic E-state index is 10.1. The third-order valence-electron chi connectivity index (χ3n) is 2.85. The lowest BCUT2D eigenvalue weighted by atomic mass is 9.82. The predicted molar refractivity (Wildman–Crippen MR) is 51.2 cm³/mol. The molecule has 0 atom stereocenters. The molecule has 0 aromatic rings. The molecule has 0 aromatic heterocycles. The highest BCUT2D eigenvalue weighted by Crippen LogP contribution is 2.31. The Morgan fingerprint density at radius 3 is 2.50 bits per heavy atom. The normalized spacial score (nSPS) is 22.5. The van der Waals surface area contributed by atoms with Crippen LogP contribution in [0.4, 0.5) is 0 Å². The standard InChI is InChI=1S/C10H21NO/c1-11-9-5-8-10(12)6-3-2-4-7-10/h11-12H,2-9H2,1H3. The van der Waals surface area contributed by atoms with E-state index in [-0.39, 0.29) is 5.60 Å². The van der Waals surface area contributed by atoms with Crippen molar-refractivity contribution in [1.82, 2.24) is 5.32 Å². The van der Waals surface area contributed by atoms with Crippen molar-refractivity contribution in [2.45, 2.75) is 50.5 Å². The summed E-state index contributed by atoms with van der Waals surface area (Å²) in [6, 6.07) is 0. The van der Waals surface area contributed by atoms with Crippen LogP contribution in [0.5, 0.6) is 0 Å². The van der Waals surface area contributed by atoms with Gasteiger partial charge < -0.3 is 10.4 Å². The molecule has 0 aliphatic heterocycles. The molecule has 0 saturated heterocycles. The minimum Gasteiger partial charge on any atom is -0.390 e. The highest BCUT2D eigenvalue weighted by molar-refractivity contribution is 4.81. The van der Waals surface area contributed by atoms with Gasteiger partial charge in [0.15, 0.2) is 0 Å². The Bertz CT molecular complexity index is 119. The first-order valence-corrected chi connectivity index (χ1v) is 5.14. The molecule has 0 heterocycles. The molecular formula is C10H21NO. The van der Waals surface area contributed by atoms with Gasteiger partial charge in [-0.05, 0) is 39.3 Å². The molecule has 1 saturated carbocycles. The third kappa shape index (κ3) is 3.11. The van der Waals surface area contributed by atoms with E-state index in [2.05, 4.69) is 5.32 Å². The van der Waals surface area contributed by atoms with Crippen LogP contribution in [0.25, 0.3) is 0 Å². The molecule has 2 heteroatoms. The quantitative estimate of drug-likeness (QED) is 0.631. The Balaban J connectivity index is 2.17. The first-order chi connectivity index (χ1) is 5.77. The van der Waals surface area contributed by atoms with Crippen LogP contribution in [0.2, 0.25) is 0 Å². The summed E-state index contributed by atoms with van der Waals surface area (Å²) < 4.78 is 0. The Kier molecular flexibility index (Phi) is 4.02. The fraction of sp³-hybridized carbons (Fsp3) is 1.00. The zero-order valence-corrected chi connectivity index (χ0v) is 8.10. The minimum absolute atomic E-state index is 0.310. The van der Waals surface area contributed by atoms with Gasteiger partial charge in [0.2, 0.25) is 0 Å². The Hall–Kier alpha value is -0.0800. The van der Waals surface area contributed by atoms with Gasteiger partial charge >= 0.3 is 0 Å². The predicted octanol–water partition coefficient (Wildman–Crippen LogP) is 1.68. The van der Waals surface area contributed by atoms with Crippen LogP contribution in [0.15, 0.2) is 0 Å². The molecule has 1 aliphatic rings. The van der Waals surface area contributed by atoms with Gasteiger partial charge in [0.25, 0.3) is 0 Å². The van der Waals surface area contributed by atoms with Gasteiger partial charge in [0.1, 0.15) is 0 Å². The van der Waals surface area contributed by atoms with Crippen molar-refractivity contribution in [1.29, 1.82) is 0 Å². The monoisotopic (exact) mass is 171 g/mol. The first kappa shape index (κ1) is 10.0. The zero-order valence-electron chi connectivity index (χ0n) is 8.10. The van der Waals surface area contributed by atoms with E-state index < -0.39 is 0 Å². The molecule has 0 radical (unpaired) electrons. The molecule has 2 nitrogen and oxygen atoms in total. The number of hydrogen-bond acceptors (Lipinski definition) is 2. The fourth-order valence-electron chi connectivity index (χ4n) is 2.05. The lowest BCUT2D eigenvalue weighted by Crippen LogP contribution is -2.32. The molecule has 1 rings (SSSR count). The minimum atomic E-state index is -0.310. The summed E-state index contributed by atoms with van der Waals surface area (Å²) >= 11 is 0. The summed E-state index contributed by atoms with van der Waals surface area (Å²) in [6.45, 7) is 1.03. The first-order valence-electron chi connectivity index (χ1n) is 5.14. The molecule has 0 amide bonds. The molecule has 0 spiro atoms. The largest absolute Gasteiger partial charge is 0.390 e. The van der Waals surface area contributed by atoms with Crippen molar-refractivity contribution >= 4 is 0 Å². The van der Waals surface area contributed by atoms with E-state index in [1.54, 1.807) is 0 Å². The van der Waals surface area contributed by atoms with Crippen LogP contribution in [-0.2, 0) is 0 Å². The molecule has 2 N–H and O–H groups in total. The number of rotatable bonds is 4. The third-order valence-corrected chi connectivity index (χ3v) is 2.85. The van der Waals surface area contributed by atoms with Crippen LogP contribution < -0.4 is 5.32 Å². The maximum Gasteiger partial charge on any atom is 0.0648 e. The maximum absolute atomic E-state index is 10.1. The van der Waals surface area contributed by atoms with E-state index in [4.69, 9.17) is 0 Å². The second kappa shape index (κ2) is 4.83. The van der Waals surface area contributed by atoms with Gasteiger partial charge in [-0.15, -0.1) is 0 Å². The fourth-order valence-corrected chi connectivity index (χ4v) is 2.05. The average molecular weight is 171 g/mol. The van der Waals surface area contributed by atoms with Crippen molar-refractivity contribution in [2.24, 2.45) is 0 Å². The highest BCUT2D eigenvalue weighted by atomic mass is 16.3. The van der Waals surface area contributed by atoms with Crippen LogP contribution in [-0.4, -0.2) is 24.3 Å². The van der Waals surface area contributed by atoms with E-state index in [0.717, 1.165) is 32.2 Å². The van der Waals surface area contributed by atoms with E-state index in [0.29, 0.717) is 0 Å². The van der Waals surface area contributed by atoms with Crippen molar-refractivity contribution in [3.05, 3.63) is 0 Å². The van der Waals surface area contributed by atoms with Crippen molar-refractivity contribution in [3.8, 4) is 0 Å². The summed E-state index contributed by atoms with van der Waals surface area (Å²) in [6.07, 6.45) is 7.88. The van der Waals surface area contributed by atoms with Gasteiger partial charge in [-0.3, -0.25) is 0 Å². The summed E-state index contributed by atoms with van der Waals surface area (Å²) in [5.74, 6) is 0. The molecule has 1 fully saturated rings. The van der Waals surface area contributed by atoms with E-state index >= 15 is 0 Å². The van der Waals surface area contributed by atoms with Crippen LogP contribution >= 0.6 is 0 Å². The molecule has 0 unspecified atom stereocenters. The lowest BCUT2D eigenvalue weighted by Gasteiger charge is -2.32. The van der Waals surface area contributed by atoms with Gasteiger partial charge in [0.05, 0.1) is 5.60 Å². The molecule has 72 valence electrons. The van der Waals surface area contributed by atoms with Crippen LogP contribution in [0.3, 0.4) is 0 Å². The van der Waals surface area contributed by atoms with Gasteiger partial charge in [-0.25, -0.2) is 0 Å². The Morgan fingerprint density at radius 2 is 1.92 bits per heavy atom. The second-order valence-electron chi connectivity index (χ2n) is 3.99. The number of aliphatic hydroxyl groups is 1. The van der Waals surface area contributed by atoms with E-state index in [9.17, 15) is 5.11 Å². The Morgan fingerprint density at radius 1 is 1.25 bits per heavy atom. The van der Waals surface area contributed by atoms with Gasteiger partial charge in [0, 0.05) is 0 Å². The summed E-state index contributed by atoms with van der Waals surface area (Å²) in [4.78, 5) is 0. The smallest absolute Gasteiger partial charge is 0.0648 e. The molecule has 0 bridgehead atoms. The van der Waals surface area contributed by atoms with Crippen molar-refractivity contribution in [2.75, 3.05) is 13.6 Å². The molecular weight excluding hydrogens is 150 g/mol. The Labute approximate surface area is 75.4 Å². The summed E-state index contributed by atoms with van der Waals surface area (Å²) in [5, 5.41) is 13.2.